The number of anilines is 1. The summed E-state index contributed by atoms with van der Waals surface area (Å²) in [4.78, 5) is 25.8. The third-order valence-electron chi connectivity index (χ3n) is 5.33. The maximum absolute atomic E-state index is 13.5. The summed E-state index contributed by atoms with van der Waals surface area (Å²) in [5.74, 6) is -0.352. The molecule has 1 fully saturated rings. The van der Waals surface area contributed by atoms with E-state index in [4.69, 9.17) is 37.4 Å². The van der Waals surface area contributed by atoms with E-state index in [2.05, 4.69) is 5.32 Å². The third-order valence-corrected chi connectivity index (χ3v) is 5.88. The molecule has 0 unspecified atom stereocenters. The standard InChI is InChI=1S/C23H25Cl2NO5/c1-3-10-31-20-7-5-16(14-17(20)21(27)29-2)26-22(28)23(8-11-30-12-9-23)18-6-4-15(24)13-19(18)25/h4-7,13-14H,3,8-12H2,1-2H3,(H,26,28). The molecule has 0 aliphatic carbocycles. The molecule has 2 aromatic rings. The van der Waals surface area contributed by atoms with Gasteiger partial charge in [0.05, 0.1) is 19.1 Å². The molecule has 0 spiro atoms. The van der Waals surface area contributed by atoms with E-state index in [9.17, 15) is 9.59 Å². The van der Waals surface area contributed by atoms with Gasteiger partial charge in [0.15, 0.2) is 0 Å². The van der Waals surface area contributed by atoms with Crippen molar-refractivity contribution in [3.05, 3.63) is 57.6 Å². The quantitative estimate of drug-likeness (QED) is 0.564. The van der Waals surface area contributed by atoms with E-state index in [1.54, 1.807) is 36.4 Å². The van der Waals surface area contributed by atoms with Crippen LogP contribution in [0, 0.1) is 0 Å². The van der Waals surface area contributed by atoms with E-state index in [1.165, 1.54) is 7.11 Å². The molecule has 1 aliphatic rings. The van der Waals surface area contributed by atoms with Gasteiger partial charge in [-0.2, -0.15) is 0 Å². The first-order valence-corrected chi connectivity index (χ1v) is 10.9. The van der Waals surface area contributed by atoms with Crippen LogP contribution in [0.25, 0.3) is 0 Å². The Balaban J connectivity index is 1.94. The van der Waals surface area contributed by atoms with Crippen molar-refractivity contribution in [3.8, 4) is 5.75 Å². The first-order chi connectivity index (χ1) is 14.9. The second-order valence-corrected chi connectivity index (χ2v) is 8.17. The Morgan fingerprint density at radius 2 is 1.87 bits per heavy atom. The fraction of sp³-hybridized carbons (Fsp3) is 0.391. The van der Waals surface area contributed by atoms with E-state index in [0.29, 0.717) is 59.7 Å². The van der Waals surface area contributed by atoms with E-state index < -0.39 is 11.4 Å². The summed E-state index contributed by atoms with van der Waals surface area (Å²) in [5.41, 5.74) is 0.544. The largest absolute Gasteiger partial charge is 0.493 e. The van der Waals surface area contributed by atoms with E-state index in [1.807, 2.05) is 6.92 Å². The molecule has 1 N–H and O–H groups in total. The number of carbonyl (C=O) groups excluding carboxylic acids is 2. The summed E-state index contributed by atoms with van der Waals surface area (Å²) in [6.07, 6.45) is 1.75. The van der Waals surface area contributed by atoms with Gasteiger partial charge >= 0.3 is 5.97 Å². The van der Waals surface area contributed by atoms with Crippen LogP contribution in [-0.2, 0) is 19.7 Å². The van der Waals surface area contributed by atoms with E-state index in [0.717, 1.165) is 6.42 Å². The van der Waals surface area contributed by atoms with Crippen molar-refractivity contribution in [3.63, 3.8) is 0 Å². The summed E-state index contributed by atoms with van der Waals surface area (Å²) in [5, 5.41) is 3.88. The van der Waals surface area contributed by atoms with Crippen molar-refractivity contribution in [1.29, 1.82) is 0 Å². The number of esters is 1. The third kappa shape index (κ3) is 5.14. The molecule has 8 heteroatoms. The first-order valence-electron chi connectivity index (χ1n) is 10.1. The van der Waals surface area contributed by atoms with Crippen molar-refractivity contribution in [2.45, 2.75) is 31.6 Å². The van der Waals surface area contributed by atoms with Gasteiger partial charge in [0.2, 0.25) is 5.91 Å². The Hall–Kier alpha value is -2.28. The van der Waals surface area contributed by atoms with Gasteiger partial charge in [0.25, 0.3) is 0 Å². The number of hydrogen-bond acceptors (Lipinski definition) is 5. The number of carbonyl (C=O) groups is 2. The van der Waals surface area contributed by atoms with E-state index in [-0.39, 0.29) is 11.5 Å². The van der Waals surface area contributed by atoms with Gasteiger partial charge < -0.3 is 19.5 Å². The number of nitrogens with one attached hydrogen (secondary N) is 1. The van der Waals surface area contributed by atoms with Crippen LogP contribution in [0.3, 0.4) is 0 Å². The normalized spacial score (nSPS) is 15.2. The maximum atomic E-state index is 13.5. The smallest absolute Gasteiger partial charge is 0.341 e. The van der Waals surface area contributed by atoms with Crippen LogP contribution in [0.2, 0.25) is 10.0 Å². The van der Waals surface area contributed by atoms with Crippen LogP contribution in [0.5, 0.6) is 5.75 Å². The Morgan fingerprint density at radius 1 is 1.13 bits per heavy atom. The Labute approximate surface area is 191 Å². The molecule has 0 saturated carbocycles. The summed E-state index contributed by atoms with van der Waals surface area (Å²) in [7, 11) is 1.30. The van der Waals surface area contributed by atoms with Gasteiger partial charge in [-0.1, -0.05) is 36.2 Å². The summed E-state index contributed by atoms with van der Waals surface area (Å²) in [6, 6.07) is 10.1. The van der Waals surface area contributed by atoms with Crippen LogP contribution in [0.1, 0.15) is 42.1 Å². The molecule has 3 rings (SSSR count). The molecule has 0 bridgehead atoms. The fourth-order valence-corrected chi connectivity index (χ4v) is 4.27. The van der Waals surface area contributed by atoms with Crippen LogP contribution in [-0.4, -0.2) is 38.8 Å². The highest BCUT2D eigenvalue weighted by molar-refractivity contribution is 6.35. The summed E-state index contributed by atoms with van der Waals surface area (Å²) in [6.45, 7) is 3.31. The number of methoxy groups -OCH3 is 1. The maximum Gasteiger partial charge on any atom is 0.341 e. The van der Waals surface area contributed by atoms with Crippen molar-refractivity contribution < 1.29 is 23.8 Å². The molecule has 0 atom stereocenters. The molecule has 0 radical (unpaired) electrons. The molecule has 1 amide bonds. The number of benzene rings is 2. The van der Waals surface area contributed by atoms with Crippen molar-refractivity contribution in [2.75, 3.05) is 32.2 Å². The van der Waals surface area contributed by atoms with E-state index >= 15 is 0 Å². The van der Waals surface area contributed by atoms with Crippen LogP contribution in [0.4, 0.5) is 5.69 Å². The zero-order chi connectivity index (χ0) is 22.4. The Morgan fingerprint density at radius 3 is 2.52 bits per heavy atom. The summed E-state index contributed by atoms with van der Waals surface area (Å²) < 4.78 is 16.0. The Bertz CT molecular complexity index is 957. The number of hydrogen-bond donors (Lipinski definition) is 1. The van der Waals surface area contributed by atoms with Gasteiger partial charge in [-0.05, 0) is 55.2 Å². The van der Waals surface area contributed by atoms with Crippen molar-refractivity contribution >= 4 is 40.8 Å². The van der Waals surface area contributed by atoms with Gasteiger partial charge in [-0.15, -0.1) is 0 Å². The minimum atomic E-state index is -0.872. The molecule has 166 valence electrons. The van der Waals surface area contributed by atoms with Crippen LogP contribution >= 0.6 is 23.2 Å². The first kappa shape index (κ1) is 23.4. The van der Waals surface area contributed by atoms with Crippen molar-refractivity contribution in [2.24, 2.45) is 0 Å². The summed E-state index contributed by atoms with van der Waals surface area (Å²) >= 11 is 12.5. The number of amides is 1. The molecule has 31 heavy (non-hydrogen) atoms. The lowest BCUT2D eigenvalue weighted by molar-refractivity contribution is -0.125. The minimum Gasteiger partial charge on any atom is -0.493 e. The van der Waals surface area contributed by atoms with Gasteiger partial charge in [0, 0.05) is 28.9 Å². The molecule has 0 aromatic heterocycles. The molecular weight excluding hydrogens is 441 g/mol. The van der Waals surface area contributed by atoms with Crippen LogP contribution < -0.4 is 10.1 Å². The number of ether oxygens (including phenoxy) is 3. The predicted octanol–water partition coefficient (Wildman–Crippen LogP) is 5.26. The zero-order valence-corrected chi connectivity index (χ0v) is 19.0. The highest BCUT2D eigenvalue weighted by Gasteiger charge is 2.43. The zero-order valence-electron chi connectivity index (χ0n) is 17.5. The second kappa shape index (κ2) is 10.4. The van der Waals surface area contributed by atoms with Crippen molar-refractivity contribution in [1.82, 2.24) is 0 Å². The van der Waals surface area contributed by atoms with Gasteiger partial charge in [-0.25, -0.2) is 4.79 Å². The molecule has 1 aliphatic heterocycles. The number of halogens is 2. The lowest BCUT2D eigenvalue weighted by atomic mass is 9.73. The predicted molar refractivity (Wildman–Crippen MR) is 120 cm³/mol. The average Bonchev–Trinajstić information content (AvgIpc) is 2.78. The number of rotatable bonds is 7. The molecule has 1 saturated heterocycles. The molecule has 6 nitrogen and oxygen atoms in total. The molecule has 1 heterocycles. The highest BCUT2D eigenvalue weighted by atomic mass is 35.5. The molecular formula is C23H25Cl2NO5. The lowest BCUT2D eigenvalue weighted by Gasteiger charge is -2.37. The topological polar surface area (TPSA) is 73.9 Å². The second-order valence-electron chi connectivity index (χ2n) is 7.32. The average molecular weight is 466 g/mol. The SMILES string of the molecule is CCCOc1ccc(NC(=O)C2(c3ccc(Cl)cc3Cl)CCOCC2)cc1C(=O)OC. The Kier molecular flexibility index (Phi) is 7.81. The monoisotopic (exact) mass is 465 g/mol. The lowest BCUT2D eigenvalue weighted by Crippen LogP contribution is -2.45. The molecule has 2 aromatic carbocycles. The fourth-order valence-electron chi connectivity index (χ4n) is 3.68. The minimum absolute atomic E-state index is 0.224. The van der Waals surface area contributed by atoms with Crippen LogP contribution in [0.15, 0.2) is 36.4 Å². The van der Waals surface area contributed by atoms with Gasteiger partial charge in [-0.3, -0.25) is 4.79 Å². The van der Waals surface area contributed by atoms with Gasteiger partial charge in [0.1, 0.15) is 11.3 Å². The highest BCUT2D eigenvalue weighted by Crippen LogP contribution is 2.41.